The topological polar surface area (TPSA) is 83.6 Å². The first kappa shape index (κ1) is 7.60. The summed E-state index contributed by atoms with van der Waals surface area (Å²) in [5.41, 5.74) is 0.592. The first-order valence-corrected chi connectivity index (χ1v) is 3.48. The average molecular weight is 179 g/mol. The van der Waals surface area contributed by atoms with Crippen molar-refractivity contribution in [3.63, 3.8) is 0 Å². The van der Waals surface area contributed by atoms with E-state index in [-0.39, 0.29) is 23.0 Å². The number of benzene rings is 1. The molecule has 0 atom stereocenters. The molecule has 0 saturated carbocycles. The molecule has 0 unspecified atom stereocenters. The third kappa shape index (κ3) is 1.10. The monoisotopic (exact) mass is 179 g/mol. The maximum atomic E-state index is 10.3. The quantitative estimate of drug-likeness (QED) is 0.505. The lowest BCUT2D eigenvalue weighted by molar-refractivity contribution is 0.109. The van der Waals surface area contributed by atoms with Crippen molar-refractivity contribution in [3.8, 4) is 11.5 Å². The van der Waals surface area contributed by atoms with Gasteiger partial charge in [-0.2, -0.15) is 0 Å². The van der Waals surface area contributed by atoms with Crippen LogP contribution in [-0.2, 0) is 0 Å². The Morgan fingerprint density at radius 3 is 2.69 bits per heavy atom. The van der Waals surface area contributed by atoms with Gasteiger partial charge in [0.25, 0.3) is 5.89 Å². The molecule has 5 nitrogen and oxygen atoms in total. The van der Waals surface area contributed by atoms with Gasteiger partial charge in [-0.15, -0.1) is 0 Å². The molecule has 0 aliphatic rings. The highest BCUT2D eigenvalue weighted by Crippen LogP contribution is 2.29. The minimum Gasteiger partial charge on any atom is -0.504 e. The lowest BCUT2D eigenvalue weighted by atomic mass is 10.3. The van der Waals surface area contributed by atoms with Gasteiger partial charge in [0.05, 0.1) is 0 Å². The number of hydrogen-bond acceptors (Lipinski definition) is 5. The molecule has 0 amide bonds. The van der Waals surface area contributed by atoms with Gasteiger partial charge in [0.1, 0.15) is 5.52 Å². The predicted octanol–water partition coefficient (Wildman–Crippen LogP) is 1.05. The number of carbonyl (C=O) groups excluding carboxylic acids is 1. The zero-order valence-corrected chi connectivity index (χ0v) is 6.39. The van der Waals surface area contributed by atoms with Gasteiger partial charge < -0.3 is 14.6 Å². The highest BCUT2D eigenvalue weighted by atomic mass is 16.4. The molecule has 0 aliphatic heterocycles. The molecule has 0 fully saturated rings. The Balaban J connectivity index is 2.77. The highest BCUT2D eigenvalue weighted by molar-refractivity contribution is 5.81. The van der Waals surface area contributed by atoms with Crippen molar-refractivity contribution in [2.75, 3.05) is 0 Å². The van der Waals surface area contributed by atoms with Gasteiger partial charge in [-0.25, -0.2) is 4.98 Å². The van der Waals surface area contributed by atoms with Gasteiger partial charge in [0, 0.05) is 12.1 Å². The molecule has 2 aromatic rings. The molecule has 0 spiro atoms. The number of rotatable bonds is 1. The number of aromatic hydroxyl groups is 2. The Hall–Kier alpha value is -2.04. The normalized spacial score (nSPS) is 10.5. The number of aldehydes is 1. The van der Waals surface area contributed by atoms with Crippen molar-refractivity contribution >= 4 is 17.4 Å². The van der Waals surface area contributed by atoms with Gasteiger partial charge in [-0.3, -0.25) is 4.79 Å². The third-order valence-electron chi connectivity index (χ3n) is 1.60. The number of phenolic OH excluding ortho intramolecular Hbond substituents is 2. The Morgan fingerprint density at radius 1 is 1.31 bits per heavy atom. The number of fused-ring (bicyclic) bond motifs is 1. The fraction of sp³-hybridized carbons (Fsp3) is 0. The summed E-state index contributed by atoms with van der Waals surface area (Å²) in [4.78, 5) is 14.0. The number of phenols is 2. The Labute approximate surface area is 72.2 Å². The summed E-state index contributed by atoms with van der Waals surface area (Å²) in [7, 11) is 0. The minimum absolute atomic E-state index is 0.0833. The van der Waals surface area contributed by atoms with E-state index in [1.54, 1.807) is 0 Å². The Bertz CT molecular complexity index is 435. The summed E-state index contributed by atoms with van der Waals surface area (Å²) in [6.07, 6.45) is 0.452. The van der Waals surface area contributed by atoms with E-state index in [0.717, 1.165) is 0 Å². The second-order valence-corrected chi connectivity index (χ2v) is 2.48. The number of oxazole rings is 1. The van der Waals surface area contributed by atoms with Crippen molar-refractivity contribution in [3.05, 3.63) is 18.0 Å². The molecule has 1 aromatic heterocycles. The fourth-order valence-electron chi connectivity index (χ4n) is 1.02. The van der Waals surface area contributed by atoms with E-state index in [1.165, 1.54) is 12.1 Å². The van der Waals surface area contributed by atoms with Gasteiger partial charge in [0.2, 0.25) is 6.29 Å². The number of nitrogens with zero attached hydrogens (tertiary/aromatic N) is 1. The first-order valence-electron chi connectivity index (χ1n) is 3.48. The number of carbonyl (C=O) groups is 1. The molecule has 2 N–H and O–H groups in total. The summed E-state index contributed by atoms with van der Waals surface area (Å²) in [5, 5.41) is 18.2. The van der Waals surface area contributed by atoms with Crippen molar-refractivity contribution in [1.82, 2.24) is 4.98 Å². The predicted molar refractivity (Wildman–Crippen MR) is 42.7 cm³/mol. The SMILES string of the molecule is O=Cc1nc2cc(O)c(O)cc2o1. The van der Waals surface area contributed by atoms with E-state index in [9.17, 15) is 4.79 Å². The maximum Gasteiger partial charge on any atom is 0.260 e. The molecular weight excluding hydrogens is 174 g/mol. The zero-order valence-electron chi connectivity index (χ0n) is 6.39. The molecule has 2 rings (SSSR count). The lowest BCUT2D eigenvalue weighted by Crippen LogP contribution is -1.74. The van der Waals surface area contributed by atoms with Crippen LogP contribution in [-0.4, -0.2) is 21.5 Å². The molecule has 66 valence electrons. The molecule has 0 radical (unpaired) electrons. The molecule has 5 heteroatoms. The molecular formula is C8H5NO4. The molecule has 0 aliphatic carbocycles. The molecule has 1 aromatic carbocycles. The zero-order chi connectivity index (χ0) is 9.42. The van der Waals surface area contributed by atoms with E-state index in [4.69, 9.17) is 14.6 Å². The van der Waals surface area contributed by atoms with Crippen molar-refractivity contribution in [2.24, 2.45) is 0 Å². The van der Waals surface area contributed by atoms with Crippen LogP contribution in [0.15, 0.2) is 16.5 Å². The van der Waals surface area contributed by atoms with Crippen molar-refractivity contribution in [2.45, 2.75) is 0 Å². The van der Waals surface area contributed by atoms with Crippen LogP contribution in [0.25, 0.3) is 11.1 Å². The van der Waals surface area contributed by atoms with Crippen LogP contribution < -0.4 is 0 Å². The van der Waals surface area contributed by atoms with Crippen LogP contribution in [0, 0.1) is 0 Å². The molecule has 13 heavy (non-hydrogen) atoms. The smallest absolute Gasteiger partial charge is 0.260 e. The van der Waals surface area contributed by atoms with Crippen LogP contribution in [0.2, 0.25) is 0 Å². The number of aromatic nitrogens is 1. The highest BCUT2D eigenvalue weighted by Gasteiger charge is 2.08. The van der Waals surface area contributed by atoms with Gasteiger partial charge in [-0.1, -0.05) is 0 Å². The first-order chi connectivity index (χ1) is 6.20. The van der Waals surface area contributed by atoms with Crippen molar-refractivity contribution in [1.29, 1.82) is 0 Å². The average Bonchev–Trinajstić information content (AvgIpc) is 2.48. The summed E-state index contributed by atoms with van der Waals surface area (Å²) in [5.74, 6) is -0.681. The van der Waals surface area contributed by atoms with Crippen LogP contribution in [0.3, 0.4) is 0 Å². The molecule has 1 heterocycles. The van der Waals surface area contributed by atoms with Gasteiger partial charge >= 0.3 is 0 Å². The Morgan fingerprint density at radius 2 is 2.00 bits per heavy atom. The number of hydrogen-bond donors (Lipinski definition) is 2. The van der Waals surface area contributed by atoms with E-state index in [2.05, 4.69) is 4.98 Å². The molecule has 0 bridgehead atoms. The van der Waals surface area contributed by atoms with E-state index >= 15 is 0 Å². The lowest BCUT2D eigenvalue weighted by Gasteiger charge is -1.93. The van der Waals surface area contributed by atoms with Gasteiger partial charge in [0.15, 0.2) is 17.1 Å². The Kier molecular flexibility index (Phi) is 1.45. The minimum atomic E-state index is -0.305. The van der Waals surface area contributed by atoms with Crippen LogP contribution >= 0.6 is 0 Å². The van der Waals surface area contributed by atoms with Gasteiger partial charge in [-0.05, 0) is 0 Å². The van der Waals surface area contributed by atoms with Crippen LogP contribution in [0.4, 0.5) is 0 Å². The second kappa shape index (κ2) is 2.48. The summed E-state index contributed by atoms with van der Waals surface area (Å²) >= 11 is 0. The summed E-state index contributed by atoms with van der Waals surface area (Å²) in [6.45, 7) is 0. The second-order valence-electron chi connectivity index (χ2n) is 2.48. The van der Waals surface area contributed by atoms with Crippen LogP contribution in [0.5, 0.6) is 11.5 Å². The fourth-order valence-corrected chi connectivity index (χ4v) is 1.02. The summed E-state index contributed by atoms with van der Waals surface area (Å²) < 4.78 is 4.90. The van der Waals surface area contributed by atoms with Crippen LogP contribution in [0.1, 0.15) is 10.7 Å². The standard InChI is InChI=1S/C8H5NO4/c10-3-8-9-4-1-5(11)6(12)2-7(4)13-8/h1-3,11-12H. The van der Waals surface area contributed by atoms with E-state index in [1.807, 2.05) is 0 Å². The maximum absolute atomic E-state index is 10.3. The molecule has 0 saturated heterocycles. The van der Waals surface area contributed by atoms with Crippen molar-refractivity contribution < 1.29 is 19.4 Å². The van der Waals surface area contributed by atoms with E-state index in [0.29, 0.717) is 11.8 Å². The largest absolute Gasteiger partial charge is 0.504 e. The third-order valence-corrected chi connectivity index (χ3v) is 1.60. The van der Waals surface area contributed by atoms with E-state index < -0.39 is 0 Å². The summed E-state index contributed by atoms with van der Waals surface area (Å²) in [6, 6.07) is 2.42.